The lowest BCUT2D eigenvalue weighted by molar-refractivity contribution is -0.160. The van der Waals surface area contributed by atoms with E-state index < -0.39 is 18.9 Å². The van der Waals surface area contributed by atoms with Crippen LogP contribution in [-0.4, -0.2) is 24.9 Å². The lowest BCUT2D eigenvalue weighted by Crippen LogP contribution is -2.38. The number of halogens is 3. The highest BCUT2D eigenvalue weighted by molar-refractivity contribution is 5.67. The van der Waals surface area contributed by atoms with Crippen LogP contribution in [-0.2, 0) is 4.74 Å². The van der Waals surface area contributed by atoms with Gasteiger partial charge < -0.3 is 10.1 Å². The molecule has 0 bridgehead atoms. The summed E-state index contributed by atoms with van der Waals surface area (Å²) in [5.41, 5.74) is 0. The minimum atomic E-state index is -4.48. The monoisotopic (exact) mass is 227 g/mol. The maximum atomic E-state index is 11.7. The molecule has 0 saturated heterocycles. The van der Waals surface area contributed by atoms with Gasteiger partial charge in [0, 0.05) is 6.04 Å². The van der Waals surface area contributed by atoms with Crippen molar-refractivity contribution < 1.29 is 22.7 Å². The first-order valence-corrected chi connectivity index (χ1v) is 4.76. The topological polar surface area (TPSA) is 38.3 Å². The Morgan fingerprint density at radius 3 is 2.33 bits per heavy atom. The maximum Gasteiger partial charge on any atom is 0.422 e. The van der Waals surface area contributed by atoms with Gasteiger partial charge in [0.25, 0.3) is 0 Å². The van der Waals surface area contributed by atoms with Crippen molar-refractivity contribution in [2.45, 2.75) is 39.4 Å². The molecule has 15 heavy (non-hydrogen) atoms. The quantitative estimate of drug-likeness (QED) is 0.801. The Bertz CT molecular complexity index is 206. The fourth-order valence-corrected chi connectivity index (χ4v) is 0.871. The van der Waals surface area contributed by atoms with Gasteiger partial charge >= 0.3 is 12.3 Å². The molecule has 0 spiro atoms. The van der Waals surface area contributed by atoms with Gasteiger partial charge in [0.15, 0.2) is 6.61 Å². The van der Waals surface area contributed by atoms with Crippen LogP contribution < -0.4 is 5.32 Å². The van der Waals surface area contributed by atoms with Crippen molar-refractivity contribution in [1.29, 1.82) is 0 Å². The van der Waals surface area contributed by atoms with Crippen molar-refractivity contribution >= 4 is 6.09 Å². The van der Waals surface area contributed by atoms with E-state index in [1.54, 1.807) is 6.92 Å². The van der Waals surface area contributed by atoms with E-state index in [0.717, 1.165) is 6.42 Å². The Hall–Kier alpha value is -0.940. The Kier molecular flexibility index (Phi) is 5.46. The molecular weight excluding hydrogens is 211 g/mol. The van der Waals surface area contributed by atoms with Gasteiger partial charge in [0.2, 0.25) is 0 Å². The van der Waals surface area contributed by atoms with Gasteiger partial charge in [0.1, 0.15) is 0 Å². The van der Waals surface area contributed by atoms with Crippen LogP contribution in [0.5, 0.6) is 0 Å². The first-order valence-electron chi connectivity index (χ1n) is 4.76. The highest BCUT2D eigenvalue weighted by atomic mass is 19.4. The number of amides is 1. The number of hydrogen-bond acceptors (Lipinski definition) is 2. The molecule has 0 aromatic rings. The summed E-state index contributed by atoms with van der Waals surface area (Å²) in [6.07, 6.45) is -4.67. The van der Waals surface area contributed by atoms with Crippen molar-refractivity contribution in [1.82, 2.24) is 5.32 Å². The molecule has 6 heteroatoms. The summed E-state index contributed by atoms with van der Waals surface area (Å²) in [4.78, 5) is 10.9. The predicted octanol–water partition coefficient (Wildman–Crippen LogP) is 2.71. The van der Waals surface area contributed by atoms with Gasteiger partial charge in [-0.25, -0.2) is 4.79 Å². The Morgan fingerprint density at radius 1 is 1.40 bits per heavy atom. The van der Waals surface area contributed by atoms with Crippen LogP contribution in [0.15, 0.2) is 0 Å². The summed E-state index contributed by atoms with van der Waals surface area (Å²) >= 11 is 0. The van der Waals surface area contributed by atoms with Crippen molar-refractivity contribution in [3.05, 3.63) is 0 Å². The summed E-state index contributed by atoms with van der Waals surface area (Å²) in [7, 11) is 0. The minimum Gasteiger partial charge on any atom is -0.440 e. The molecule has 0 fully saturated rings. The molecule has 0 aromatic carbocycles. The highest BCUT2D eigenvalue weighted by Gasteiger charge is 2.29. The molecule has 2 atom stereocenters. The Morgan fingerprint density at radius 2 is 1.93 bits per heavy atom. The summed E-state index contributed by atoms with van der Waals surface area (Å²) in [6.45, 7) is 4.01. The van der Waals surface area contributed by atoms with Gasteiger partial charge in [0.05, 0.1) is 0 Å². The molecule has 0 saturated carbocycles. The van der Waals surface area contributed by atoms with Crippen molar-refractivity contribution in [3.63, 3.8) is 0 Å². The summed E-state index contributed by atoms with van der Waals surface area (Å²) < 4.78 is 39.0. The first kappa shape index (κ1) is 14.1. The third kappa shape index (κ3) is 7.04. The van der Waals surface area contributed by atoms with Gasteiger partial charge in [-0.3, -0.25) is 0 Å². The maximum absolute atomic E-state index is 11.7. The van der Waals surface area contributed by atoms with E-state index in [1.807, 2.05) is 13.8 Å². The fourth-order valence-electron chi connectivity index (χ4n) is 0.871. The Balaban J connectivity index is 3.84. The molecule has 0 heterocycles. The standard InChI is InChI=1S/C9H16F3NO2/c1-4-6(2)7(3)13-8(14)15-5-9(10,11)12/h6-7H,4-5H2,1-3H3,(H,13,14). The third-order valence-corrected chi connectivity index (χ3v) is 2.21. The van der Waals surface area contributed by atoms with Crippen LogP contribution in [0.2, 0.25) is 0 Å². The molecule has 0 aromatic heterocycles. The molecule has 1 amide bonds. The van der Waals surface area contributed by atoms with Crippen molar-refractivity contribution in [2.75, 3.05) is 6.61 Å². The SMILES string of the molecule is CCC(C)C(C)NC(=O)OCC(F)(F)F. The van der Waals surface area contributed by atoms with Crippen LogP contribution in [0.1, 0.15) is 27.2 Å². The number of hydrogen-bond donors (Lipinski definition) is 1. The molecule has 0 aliphatic heterocycles. The van der Waals surface area contributed by atoms with Crippen LogP contribution in [0, 0.1) is 5.92 Å². The van der Waals surface area contributed by atoms with Crippen LogP contribution in [0.4, 0.5) is 18.0 Å². The number of carbonyl (C=O) groups excluding carboxylic acids is 1. The predicted molar refractivity (Wildman–Crippen MR) is 49.5 cm³/mol. The van der Waals surface area contributed by atoms with Gasteiger partial charge in [-0.2, -0.15) is 13.2 Å². The number of rotatable bonds is 4. The zero-order valence-corrected chi connectivity index (χ0v) is 9.02. The van der Waals surface area contributed by atoms with E-state index in [4.69, 9.17) is 0 Å². The first-order chi connectivity index (χ1) is 6.76. The van der Waals surface area contributed by atoms with Crippen LogP contribution in [0.25, 0.3) is 0 Å². The largest absolute Gasteiger partial charge is 0.440 e. The van der Waals surface area contributed by atoms with Gasteiger partial charge in [-0.15, -0.1) is 0 Å². The number of carbonyl (C=O) groups is 1. The minimum absolute atomic E-state index is 0.198. The zero-order chi connectivity index (χ0) is 12.1. The van der Waals surface area contributed by atoms with E-state index in [-0.39, 0.29) is 12.0 Å². The zero-order valence-electron chi connectivity index (χ0n) is 9.02. The second-order valence-corrected chi connectivity index (χ2v) is 3.51. The van der Waals surface area contributed by atoms with E-state index in [9.17, 15) is 18.0 Å². The average Bonchev–Trinajstić information content (AvgIpc) is 2.12. The Labute approximate surface area is 87.0 Å². The summed E-state index contributed by atoms with van der Waals surface area (Å²) in [5.74, 6) is 0.198. The van der Waals surface area contributed by atoms with Gasteiger partial charge in [-0.05, 0) is 12.8 Å². The lowest BCUT2D eigenvalue weighted by Gasteiger charge is -2.19. The third-order valence-electron chi connectivity index (χ3n) is 2.21. The smallest absolute Gasteiger partial charge is 0.422 e. The second-order valence-electron chi connectivity index (χ2n) is 3.51. The second kappa shape index (κ2) is 5.82. The fraction of sp³-hybridized carbons (Fsp3) is 0.889. The van der Waals surface area contributed by atoms with Gasteiger partial charge in [-0.1, -0.05) is 20.3 Å². The molecule has 0 aliphatic carbocycles. The van der Waals surface area contributed by atoms with Crippen molar-refractivity contribution in [2.24, 2.45) is 5.92 Å². The molecule has 1 N–H and O–H groups in total. The molecule has 2 unspecified atom stereocenters. The number of alkyl halides is 3. The molecular formula is C9H16F3NO2. The van der Waals surface area contributed by atoms with E-state index in [1.165, 1.54) is 0 Å². The molecule has 0 radical (unpaired) electrons. The highest BCUT2D eigenvalue weighted by Crippen LogP contribution is 2.14. The van der Waals surface area contributed by atoms with Crippen molar-refractivity contribution in [3.8, 4) is 0 Å². The summed E-state index contributed by atoms with van der Waals surface area (Å²) in [6, 6.07) is -0.198. The number of ether oxygens (including phenoxy) is 1. The van der Waals surface area contributed by atoms with E-state index >= 15 is 0 Å². The average molecular weight is 227 g/mol. The van der Waals surface area contributed by atoms with Crippen LogP contribution in [0.3, 0.4) is 0 Å². The molecule has 90 valence electrons. The van der Waals surface area contributed by atoms with E-state index in [0.29, 0.717) is 0 Å². The number of nitrogens with one attached hydrogen (secondary N) is 1. The lowest BCUT2D eigenvalue weighted by atomic mass is 10.0. The molecule has 0 aliphatic rings. The number of alkyl carbamates (subject to hydrolysis) is 1. The summed E-state index contributed by atoms with van der Waals surface area (Å²) in [5, 5.41) is 2.34. The van der Waals surface area contributed by atoms with Crippen LogP contribution >= 0.6 is 0 Å². The van der Waals surface area contributed by atoms with E-state index in [2.05, 4.69) is 10.1 Å². The molecule has 0 rings (SSSR count). The molecule has 3 nitrogen and oxygen atoms in total. The normalized spacial score (nSPS) is 15.6.